The molecule has 0 bridgehead atoms. The summed E-state index contributed by atoms with van der Waals surface area (Å²) in [6, 6.07) is 4.34. The van der Waals surface area contributed by atoms with Crippen molar-refractivity contribution in [1.29, 1.82) is 0 Å². The van der Waals surface area contributed by atoms with Crippen molar-refractivity contribution < 1.29 is 26.3 Å². The minimum atomic E-state index is -5.33. The van der Waals surface area contributed by atoms with Crippen LogP contribution in [0, 0.1) is 6.92 Å². The fourth-order valence-electron chi connectivity index (χ4n) is 1.41. The Kier molecular flexibility index (Phi) is 3.21. The Morgan fingerprint density at radius 2 is 1.44 bits per heavy atom. The van der Waals surface area contributed by atoms with Crippen molar-refractivity contribution in [3.8, 4) is 0 Å². The highest BCUT2D eigenvalue weighted by Gasteiger charge is 2.57. The third kappa shape index (κ3) is 2.90. The average molecular weight is 242 g/mol. The van der Waals surface area contributed by atoms with Crippen molar-refractivity contribution in [3.05, 3.63) is 35.4 Å². The molecule has 0 aromatic heterocycles. The van der Waals surface area contributed by atoms with Gasteiger partial charge in [0.15, 0.2) is 5.92 Å². The molecule has 1 aromatic carbocycles. The highest BCUT2D eigenvalue weighted by Crippen LogP contribution is 2.46. The first-order valence-corrected chi connectivity index (χ1v) is 4.32. The first-order valence-electron chi connectivity index (χ1n) is 4.32. The quantitative estimate of drug-likeness (QED) is 0.647. The molecule has 0 N–H and O–H groups in total. The number of halogens is 6. The third-order valence-corrected chi connectivity index (χ3v) is 2.03. The zero-order valence-electron chi connectivity index (χ0n) is 8.15. The summed E-state index contributed by atoms with van der Waals surface area (Å²) in [7, 11) is 0. The summed E-state index contributed by atoms with van der Waals surface area (Å²) in [4.78, 5) is 0. The largest absolute Gasteiger partial charge is 0.404 e. The molecule has 1 rings (SSSR count). The van der Waals surface area contributed by atoms with Crippen molar-refractivity contribution in [3.63, 3.8) is 0 Å². The third-order valence-electron chi connectivity index (χ3n) is 2.03. The molecule has 0 radical (unpaired) electrons. The van der Waals surface area contributed by atoms with E-state index in [-0.39, 0.29) is 0 Å². The van der Waals surface area contributed by atoms with Gasteiger partial charge in [0.2, 0.25) is 0 Å². The molecule has 0 aliphatic rings. The molecule has 0 amide bonds. The highest BCUT2D eigenvalue weighted by atomic mass is 19.4. The monoisotopic (exact) mass is 242 g/mol. The zero-order chi connectivity index (χ0) is 12.6. The summed E-state index contributed by atoms with van der Waals surface area (Å²) in [5.41, 5.74) is -0.420. The normalized spacial score (nSPS) is 13.2. The maximum absolute atomic E-state index is 12.3. The number of alkyl halides is 6. The van der Waals surface area contributed by atoms with Crippen molar-refractivity contribution in [1.82, 2.24) is 0 Å². The lowest BCUT2D eigenvalue weighted by Crippen LogP contribution is -2.34. The van der Waals surface area contributed by atoms with Crippen LogP contribution in [-0.4, -0.2) is 12.4 Å². The molecular weight excluding hydrogens is 234 g/mol. The molecule has 0 saturated carbocycles. The fraction of sp³-hybridized carbons (Fsp3) is 0.400. The number of benzene rings is 1. The molecule has 0 nitrogen and oxygen atoms in total. The van der Waals surface area contributed by atoms with Crippen LogP contribution in [0.2, 0.25) is 0 Å². The van der Waals surface area contributed by atoms with Crippen molar-refractivity contribution >= 4 is 0 Å². The Hall–Kier alpha value is -1.20. The maximum Gasteiger partial charge on any atom is 0.404 e. The van der Waals surface area contributed by atoms with Gasteiger partial charge < -0.3 is 0 Å². The summed E-state index contributed by atoms with van der Waals surface area (Å²) >= 11 is 0. The van der Waals surface area contributed by atoms with E-state index in [1.54, 1.807) is 0 Å². The molecule has 0 saturated heterocycles. The predicted octanol–water partition coefficient (Wildman–Crippen LogP) is 4.20. The molecule has 0 heterocycles. The second-order valence-electron chi connectivity index (χ2n) is 3.43. The minimum absolute atomic E-state index is 0.357. The predicted molar refractivity (Wildman–Crippen MR) is 46.0 cm³/mol. The van der Waals surface area contributed by atoms with Gasteiger partial charge in [0.05, 0.1) is 0 Å². The van der Waals surface area contributed by atoms with Crippen LogP contribution in [0.4, 0.5) is 26.3 Å². The first kappa shape index (κ1) is 12.9. The van der Waals surface area contributed by atoms with Crippen molar-refractivity contribution in [2.45, 2.75) is 25.2 Å². The van der Waals surface area contributed by atoms with E-state index in [1.807, 2.05) is 0 Å². The molecule has 0 unspecified atom stereocenters. The molecule has 0 aliphatic carbocycles. The molecule has 0 aliphatic heterocycles. The van der Waals surface area contributed by atoms with Crippen LogP contribution in [0.15, 0.2) is 24.3 Å². The van der Waals surface area contributed by atoms with Gasteiger partial charge in [0.1, 0.15) is 0 Å². The lowest BCUT2D eigenvalue weighted by atomic mass is 9.96. The van der Waals surface area contributed by atoms with Gasteiger partial charge in [0.25, 0.3) is 0 Å². The van der Waals surface area contributed by atoms with Crippen LogP contribution >= 0.6 is 0 Å². The summed E-state index contributed by atoms with van der Waals surface area (Å²) in [6.45, 7) is 1.44. The van der Waals surface area contributed by atoms with Crippen LogP contribution < -0.4 is 0 Å². The molecule has 0 atom stereocenters. The Bertz CT molecular complexity index is 348. The smallest absolute Gasteiger partial charge is 0.170 e. The van der Waals surface area contributed by atoms with Gasteiger partial charge in [-0.25, -0.2) is 0 Å². The Labute approximate surface area is 87.9 Å². The van der Waals surface area contributed by atoms with Crippen molar-refractivity contribution in [2.24, 2.45) is 0 Å². The molecule has 1 aromatic rings. The van der Waals surface area contributed by atoms with Crippen LogP contribution in [0.3, 0.4) is 0 Å². The Morgan fingerprint density at radius 3 is 1.81 bits per heavy atom. The lowest BCUT2D eigenvalue weighted by molar-refractivity contribution is -0.253. The summed E-state index contributed by atoms with van der Waals surface area (Å²) in [5, 5.41) is 0. The van der Waals surface area contributed by atoms with Gasteiger partial charge in [-0.15, -0.1) is 0 Å². The second kappa shape index (κ2) is 3.99. The van der Waals surface area contributed by atoms with Gasteiger partial charge in [0, 0.05) is 0 Å². The van der Waals surface area contributed by atoms with Gasteiger partial charge in [-0.05, 0) is 12.5 Å². The van der Waals surface area contributed by atoms with Crippen LogP contribution in [0.25, 0.3) is 0 Å². The first-order chi connectivity index (χ1) is 7.12. The summed E-state index contributed by atoms with van der Waals surface area (Å²) in [6.07, 6.45) is -10.7. The van der Waals surface area contributed by atoms with E-state index >= 15 is 0 Å². The Balaban J connectivity index is 3.23. The molecular formula is C10H8F6. The van der Waals surface area contributed by atoms with Crippen LogP contribution in [0.1, 0.15) is 17.0 Å². The molecule has 0 spiro atoms. The van der Waals surface area contributed by atoms with Gasteiger partial charge in [-0.2, -0.15) is 26.3 Å². The number of hydrogen-bond donors (Lipinski definition) is 0. The fourth-order valence-corrected chi connectivity index (χ4v) is 1.41. The maximum atomic E-state index is 12.3. The van der Waals surface area contributed by atoms with Crippen molar-refractivity contribution in [2.75, 3.05) is 0 Å². The van der Waals surface area contributed by atoms with E-state index in [2.05, 4.69) is 0 Å². The van der Waals surface area contributed by atoms with E-state index < -0.39 is 23.8 Å². The average Bonchev–Trinajstić information content (AvgIpc) is 1.97. The highest BCUT2D eigenvalue weighted by molar-refractivity contribution is 5.27. The van der Waals surface area contributed by atoms with E-state index in [0.717, 1.165) is 12.1 Å². The van der Waals surface area contributed by atoms with Gasteiger partial charge >= 0.3 is 12.4 Å². The van der Waals surface area contributed by atoms with E-state index in [4.69, 9.17) is 0 Å². The second-order valence-corrected chi connectivity index (χ2v) is 3.43. The van der Waals surface area contributed by atoms with Gasteiger partial charge in [-0.1, -0.05) is 29.8 Å². The lowest BCUT2D eigenvalue weighted by Gasteiger charge is -2.23. The SMILES string of the molecule is Cc1cccc(C(C(F)(F)F)C(F)(F)F)c1. The zero-order valence-corrected chi connectivity index (χ0v) is 8.15. The standard InChI is InChI=1S/C10H8F6/c1-6-3-2-4-7(5-6)8(9(11,12)13)10(14,15)16/h2-5,8H,1H3. The Morgan fingerprint density at radius 1 is 0.938 bits per heavy atom. The van der Waals surface area contributed by atoms with E-state index in [1.165, 1.54) is 19.1 Å². The molecule has 6 heteroatoms. The van der Waals surface area contributed by atoms with E-state index in [0.29, 0.717) is 5.56 Å². The number of hydrogen-bond acceptors (Lipinski definition) is 0. The molecule has 16 heavy (non-hydrogen) atoms. The van der Waals surface area contributed by atoms with E-state index in [9.17, 15) is 26.3 Å². The summed E-state index contributed by atoms with van der Waals surface area (Å²) < 4.78 is 73.9. The molecule has 0 fully saturated rings. The number of aryl methyl sites for hydroxylation is 1. The minimum Gasteiger partial charge on any atom is -0.170 e. The number of rotatable bonds is 1. The molecule has 90 valence electrons. The van der Waals surface area contributed by atoms with Crippen LogP contribution in [0.5, 0.6) is 0 Å². The summed E-state index contributed by atoms with van der Waals surface area (Å²) in [5.74, 6) is -3.42. The topological polar surface area (TPSA) is 0 Å². The van der Waals surface area contributed by atoms with Crippen LogP contribution in [-0.2, 0) is 0 Å². The van der Waals surface area contributed by atoms with Gasteiger partial charge in [-0.3, -0.25) is 0 Å².